The zero-order valence-electron chi connectivity index (χ0n) is 11.9. The third kappa shape index (κ3) is 3.98. The standard InChI is InChI=1S/C13H17FN6O/c1-3-15-12-10(6-9(14)7-17-12)13(21)16-5-4-11-18-8-20(2)19-11/h6-8H,3-5H2,1-2H3,(H,15,17)(H,16,21). The Morgan fingerprint density at radius 1 is 1.43 bits per heavy atom. The smallest absolute Gasteiger partial charge is 0.255 e. The first kappa shape index (κ1) is 14.9. The van der Waals surface area contributed by atoms with E-state index in [0.717, 1.165) is 6.20 Å². The molecule has 0 fully saturated rings. The van der Waals surface area contributed by atoms with Crippen molar-refractivity contribution in [2.24, 2.45) is 7.05 Å². The molecule has 2 rings (SSSR count). The minimum Gasteiger partial charge on any atom is -0.370 e. The Morgan fingerprint density at radius 2 is 2.24 bits per heavy atom. The van der Waals surface area contributed by atoms with E-state index >= 15 is 0 Å². The van der Waals surface area contributed by atoms with Crippen LogP contribution in [0.1, 0.15) is 23.1 Å². The van der Waals surface area contributed by atoms with Gasteiger partial charge < -0.3 is 10.6 Å². The molecule has 7 nitrogen and oxygen atoms in total. The van der Waals surface area contributed by atoms with Crippen molar-refractivity contribution in [3.63, 3.8) is 0 Å². The molecule has 0 radical (unpaired) electrons. The first-order valence-electron chi connectivity index (χ1n) is 6.62. The van der Waals surface area contributed by atoms with Crippen molar-refractivity contribution < 1.29 is 9.18 Å². The summed E-state index contributed by atoms with van der Waals surface area (Å²) in [6, 6.07) is 1.17. The molecule has 2 aromatic rings. The summed E-state index contributed by atoms with van der Waals surface area (Å²) in [7, 11) is 1.77. The van der Waals surface area contributed by atoms with Crippen LogP contribution in [-0.2, 0) is 13.5 Å². The number of hydrogen-bond donors (Lipinski definition) is 2. The summed E-state index contributed by atoms with van der Waals surface area (Å²) in [5, 5.41) is 9.75. The summed E-state index contributed by atoms with van der Waals surface area (Å²) >= 11 is 0. The maximum absolute atomic E-state index is 13.2. The summed E-state index contributed by atoms with van der Waals surface area (Å²) in [5.74, 6) is 0.0801. The van der Waals surface area contributed by atoms with Crippen LogP contribution in [-0.4, -0.2) is 38.7 Å². The van der Waals surface area contributed by atoms with Crippen LogP contribution in [0, 0.1) is 5.82 Å². The molecule has 0 aliphatic carbocycles. The van der Waals surface area contributed by atoms with Gasteiger partial charge in [-0.05, 0) is 13.0 Å². The fourth-order valence-corrected chi connectivity index (χ4v) is 1.80. The van der Waals surface area contributed by atoms with Crippen molar-refractivity contribution in [1.82, 2.24) is 25.1 Å². The number of carbonyl (C=O) groups is 1. The zero-order valence-corrected chi connectivity index (χ0v) is 11.9. The molecule has 2 N–H and O–H groups in total. The molecule has 21 heavy (non-hydrogen) atoms. The normalized spacial score (nSPS) is 10.4. The van der Waals surface area contributed by atoms with Gasteiger partial charge in [0.1, 0.15) is 18.0 Å². The molecule has 0 aromatic carbocycles. The Morgan fingerprint density at radius 3 is 2.90 bits per heavy atom. The number of carbonyl (C=O) groups excluding carboxylic acids is 1. The number of hydrogen-bond acceptors (Lipinski definition) is 5. The van der Waals surface area contributed by atoms with E-state index < -0.39 is 5.82 Å². The molecule has 0 bridgehead atoms. The van der Waals surface area contributed by atoms with E-state index in [2.05, 4.69) is 25.7 Å². The molecule has 2 aromatic heterocycles. The lowest BCUT2D eigenvalue weighted by Crippen LogP contribution is -2.27. The molecule has 0 aliphatic heterocycles. The highest BCUT2D eigenvalue weighted by atomic mass is 19.1. The van der Waals surface area contributed by atoms with E-state index in [9.17, 15) is 9.18 Å². The summed E-state index contributed by atoms with van der Waals surface area (Å²) in [6.45, 7) is 2.83. The summed E-state index contributed by atoms with van der Waals surface area (Å²) in [4.78, 5) is 20.0. The van der Waals surface area contributed by atoms with E-state index in [-0.39, 0.29) is 11.5 Å². The quantitative estimate of drug-likeness (QED) is 0.821. The Bertz CT molecular complexity index is 627. The van der Waals surface area contributed by atoms with E-state index in [4.69, 9.17) is 0 Å². The predicted octanol–water partition coefficient (Wildman–Crippen LogP) is 0.753. The van der Waals surface area contributed by atoms with Crippen molar-refractivity contribution in [3.8, 4) is 0 Å². The minimum absolute atomic E-state index is 0.186. The van der Waals surface area contributed by atoms with E-state index in [1.807, 2.05) is 6.92 Å². The van der Waals surface area contributed by atoms with Gasteiger partial charge in [0, 0.05) is 26.6 Å². The summed E-state index contributed by atoms with van der Waals surface area (Å²) in [6.07, 6.45) is 3.18. The minimum atomic E-state index is -0.548. The van der Waals surface area contributed by atoms with Gasteiger partial charge >= 0.3 is 0 Å². The number of aromatic nitrogens is 4. The fraction of sp³-hybridized carbons (Fsp3) is 0.385. The molecular weight excluding hydrogens is 275 g/mol. The lowest BCUT2D eigenvalue weighted by atomic mass is 10.2. The molecule has 0 unspecified atom stereocenters. The highest BCUT2D eigenvalue weighted by Crippen LogP contribution is 2.13. The Kier molecular flexibility index (Phi) is 4.81. The summed E-state index contributed by atoms with van der Waals surface area (Å²) in [5.41, 5.74) is 0.186. The van der Waals surface area contributed by atoms with Crippen LogP contribution in [0.25, 0.3) is 0 Å². The lowest BCUT2D eigenvalue weighted by molar-refractivity contribution is 0.0954. The van der Waals surface area contributed by atoms with Gasteiger partial charge in [0.2, 0.25) is 0 Å². The fourth-order valence-electron chi connectivity index (χ4n) is 1.80. The SMILES string of the molecule is CCNc1ncc(F)cc1C(=O)NCCc1ncn(C)n1. The Labute approximate surface area is 121 Å². The monoisotopic (exact) mass is 292 g/mol. The number of nitrogens with zero attached hydrogens (tertiary/aromatic N) is 4. The molecule has 8 heteroatoms. The van der Waals surface area contributed by atoms with Crippen LogP contribution in [0.2, 0.25) is 0 Å². The number of rotatable bonds is 6. The number of amides is 1. The Balaban J connectivity index is 1.97. The van der Waals surface area contributed by atoms with Crippen molar-refractivity contribution in [2.75, 3.05) is 18.4 Å². The second-order valence-corrected chi connectivity index (χ2v) is 4.42. The average Bonchev–Trinajstić information content (AvgIpc) is 2.86. The van der Waals surface area contributed by atoms with Gasteiger partial charge in [-0.25, -0.2) is 14.4 Å². The van der Waals surface area contributed by atoms with Crippen molar-refractivity contribution >= 4 is 11.7 Å². The zero-order chi connectivity index (χ0) is 15.2. The second kappa shape index (κ2) is 6.78. The summed E-state index contributed by atoms with van der Waals surface area (Å²) < 4.78 is 14.8. The lowest BCUT2D eigenvalue weighted by Gasteiger charge is -2.09. The van der Waals surface area contributed by atoms with Crippen LogP contribution in [0.5, 0.6) is 0 Å². The maximum atomic E-state index is 13.2. The van der Waals surface area contributed by atoms with Crippen molar-refractivity contribution in [1.29, 1.82) is 0 Å². The highest BCUT2D eigenvalue weighted by molar-refractivity contribution is 5.98. The van der Waals surface area contributed by atoms with E-state index in [1.165, 1.54) is 6.07 Å². The number of halogens is 1. The first-order chi connectivity index (χ1) is 10.1. The molecule has 1 amide bonds. The van der Waals surface area contributed by atoms with Gasteiger partial charge in [-0.3, -0.25) is 9.48 Å². The van der Waals surface area contributed by atoms with Gasteiger partial charge in [0.05, 0.1) is 11.8 Å². The van der Waals surface area contributed by atoms with Gasteiger partial charge in [-0.1, -0.05) is 0 Å². The Hall–Kier alpha value is -2.51. The van der Waals surface area contributed by atoms with Crippen LogP contribution >= 0.6 is 0 Å². The average molecular weight is 292 g/mol. The van der Waals surface area contributed by atoms with Gasteiger partial charge in [-0.2, -0.15) is 5.10 Å². The first-order valence-corrected chi connectivity index (χ1v) is 6.62. The van der Waals surface area contributed by atoms with Gasteiger partial charge in [0.15, 0.2) is 5.82 Å². The van der Waals surface area contributed by atoms with Crippen LogP contribution < -0.4 is 10.6 Å². The molecular formula is C13H17FN6O. The van der Waals surface area contributed by atoms with Crippen LogP contribution in [0.4, 0.5) is 10.2 Å². The number of aryl methyl sites for hydroxylation is 1. The molecule has 0 saturated heterocycles. The molecule has 0 aliphatic rings. The topological polar surface area (TPSA) is 84.7 Å². The molecule has 0 spiro atoms. The van der Waals surface area contributed by atoms with Crippen LogP contribution in [0.15, 0.2) is 18.6 Å². The largest absolute Gasteiger partial charge is 0.370 e. The van der Waals surface area contributed by atoms with Gasteiger partial charge in [0.25, 0.3) is 5.91 Å². The second-order valence-electron chi connectivity index (χ2n) is 4.42. The number of pyridine rings is 1. The predicted molar refractivity (Wildman–Crippen MR) is 75.4 cm³/mol. The number of anilines is 1. The van der Waals surface area contributed by atoms with Crippen molar-refractivity contribution in [3.05, 3.63) is 35.8 Å². The third-order valence-electron chi connectivity index (χ3n) is 2.72. The molecule has 2 heterocycles. The highest BCUT2D eigenvalue weighted by Gasteiger charge is 2.13. The third-order valence-corrected chi connectivity index (χ3v) is 2.72. The molecule has 112 valence electrons. The number of nitrogens with one attached hydrogen (secondary N) is 2. The molecule has 0 saturated carbocycles. The maximum Gasteiger partial charge on any atom is 0.255 e. The molecule has 0 atom stereocenters. The van der Waals surface area contributed by atoms with Crippen molar-refractivity contribution in [2.45, 2.75) is 13.3 Å². The van der Waals surface area contributed by atoms with E-state index in [1.54, 1.807) is 18.1 Å². The van der Waals surface area contributed by atoms with E-state index in [0.29, 0.717) is 31.2 Å². The van der Waals surface area contributed by atoms with Gasteiger partial charge in [-0.15, -0.1) is 0 Å². The van der Waals surface area contributed by atoms with Crippen LogP contribution in [0.3, 0.4) is 0 Å².